The van der Waals surface area contributed by atoms with E-state index < -0.39 is 33.8 Å². The molecule has 1 aliphatic heterocycles. The van der Waals surface area contributed by atoms with Crippen molar-refractivity contribution in [3.05, 3.63) is 35.1 Å². The minimum absolute atomic E-state index is 0.00896. The number of thiazole rings is 1. The quantitative estimate of drug-likeness (QED) is 0.0575. The van der Waals surface area contributed by atoms with Gasteiger partial charge in [0.1, 0.15) is 35.6 Å². The zero-order valence-corrected chi connectivity index (χ0v) is 20.5. The second-order valence-corrected chi connectivity index (χ2v) is 9.57. The van der Waals surface area contributed by atoms with Crippen molar-refractivity contribution in [3.63, 3.8) is 0 Å². The van der Waals surface area contributed by atoms with Crippen molar-refractivity contribution >= 4 is 50.2 Å². The van der Waals surface area contributed by atoms with Crippen LogP contribution in [0.5, 0.6) is 5.75 Å². The van der Waals surface area contributed by atoms with Crippen LogP contribution in [0.1, 0.15) is 25.2 Å². The van der Waals surface area contributed by atoms with Crippen LogP contribution in [0.3, 0.4) is 0 Å². The lowest BCUT2D eigenvalue weighted by atomic mass is 9.84. The van der Waals surface area contributed by atoms with E-state index in [1.807, 2.05) is 0 Å². The largest absolute Gasteiger partial charge is 0.490 e. The standard InChI is InChI=1S/C18H22N8O8S2/c1-18(2)13(16(28)26(18)34-36(29,30)31)24-15(27)12(11-8-35-17(21)23-11)25-33-6-5-32-9-3-4-22-10(7-9)14(19)20/h3-4,7-8,13H,5-6H2,1-2H3,(H3,19,20)(H2,21,23)(H,24,27)(H,29,30,31)/t13-/m1/s1. The summed E-state index contributed by atoms with van der Waals surface area (Å²) in [6.45, 7) is 2.73. The highest BCUT2D eigenvalue weighted by Gasteiger charge is 2.58. The summed E-state index contributed by atoms with van der Waals surface area (Å²) in [7, 11) is -4.95. The number of hydroxylamine groups is 2. The van der Waals surface area contributed by atoms with Crippen molar-refractivity contribution < 1.29 is 36.4 Å². The maximum absolute atomic E-state index is 12.9. The molecule has 0 aromatic carbocycles. The highest BCUT2D eigenvalue weighted by Crippen LogP contribution is 2.32. The molecule has 16 nitrogen and oxygen atoms in total. The maximum Gasteiger partial charge on any atom is 0.418 e. The number of hydrogen-bond acceptors (Lipinski definition) is 13. The third-order valence-electron chi connectivity index (χ3n) is 4.71. The van der Waals surface area contributed by atoms with Gasteiger partial charge in [-0.2, -0.15) is 13.5 Å². The Balaban J connectivity index is 1.65. The number of nitrogen functional groups attached to an aromatic ring is 2. The first-order chi connectivity index (χ1) is 16.8. The van der Waals surface area contributed by atoms with Crippen molar-refractivity contribution in [2.75, 3.05) is 18.9 Å². The lowest BCUT2D eigenvalue weighted by Crippen LogP contribution is -2.76. The van der Waals surface area contributed by atoms with E-state index in [9.17, 15) is 18.0 Å². The van der Waals surface area contributed by atoms with Gasteiger partial charge in [-0.05, 0) is 19.9 Å². The number of nitrogens with zero attached hydrogens (tertiary/aromatic N) is 4. The number of nitrogens with two attached hydrogens (primary N) is 2. The van der Waals surface area contributed by atoms with Crippen molar-refractivity contribution in [1.82, 2.24) is 20.3 Å². The number of aromatic nitrogens is 2. The number of ether oxygens (including phenoxy) is 1. The molecular formula is C18H22N8O8S2. The van der Waals surface area contributed by atoms with Gasteiger partial charge in [-0.25, -0.2) is 4.98 Å². The molecule has 18 heteroatoms. The Morgan fingerprint density at radius 2 is 2.11 bits per heavy atom. The number of carbonyl (C=O) groups excluding carboxylic acids is 2. The number of anilines is 1. The van der Waals surface area contributed by atoms with Crippen LogP contribution < -0.4 is 21.5 Å². The Hall–Kier alpha value is -3.87. The van der Waals surface area contributed by atoms with E-state index in [2.05, 4.69) is 24.7 Å². The van der Waals surface area contributed by atoms with Crippen molar-refractivity contribution in [2.24, 2.45) is 10.9 Å². The molecule has 7 N–H and O–H groups in total. The van der Waals surface area contributed by atoms with Gasteiger partial charge in [-0.3, -0.25) is 24.5 Å². The molecule has 0 saturated carbocycles. The number of pyridine rings is 1. The Bertz CT molecular complexity index is 1310. The molecule has 0 bridgehead atoms. The summed E-state index contributed by atoms with van der Waals surface area (Å²) in [5.74, 6) is -1.62. The highest BCUT2D eigenvalue weighted by molar-refractivity contribution is 7.80. The summed E-state index contributed by atoms with van der Waals surface area (Å²) in [6.07, 6.45) is 1.42. The van der Waals surface area contributed by atoms with E-state index >= 15 is 0 Å². The normalized spacial score (nSPS) is 17.3. The molecule has 1 aliphatic rings. The molecule has 2 aromatic rings. The Morgan fingerprint density at radius 3 is 2.69 bits per heavy atom. The average Bonchev–Trinajstić information content (AvgIpc) is 3.23. The van der Waals surface area contributed by atoms with Crippen molar-refractivity contribution in [2.45, 2.75) is 25.4 Å². The number of amides is 2. The average molecular weight is 543 g/mol. The number of carbonyl (C=O) groups is 2. The Morgan fingerprint density at radius 1 is 1.39 bits per heavy atom. The molecule has 0 radical (unpaired) electrons. The van der Waals surface area contributed by atoms with E-state index in [-0.39, 0.29) is 41.3 Å². The molecular weight excluding hydrogens is 520 g/mol. The van der Waals surface area contributed by atoms with Crippen molar-refractivity contribution in [1.29, 1.82) is 5.41 Å². The fourth-order valence-corrected chi connectivity index (χ4v) is 3.98. The number of β-lactam (4-membered cyclic amide) rings is 1. The second kappa shape index (κ2) is 10.4. The van der Waals surface area contributed by atoms with Gasteiger partial charge in [0, 0.05) is 17.6 Å². The van der Waals surface area contributed by atoms with Gasteiger partial charge < -0.3 is 26.4 Å². The van der Waals surface area contributed by atoms with Crippen LogP contribution in [-0.4, -0.2) is 76.2 Å². The zero-order chi connectivity index (χ0) is 26.7. The summed E-state index contributed by atoms with van der Waals surface area (Å²) in [5.41, 5.74) is 9.72. The van der Waals surface area contributed by atoms with Gasteiger partial charge in [-0.1, -0.05) is 5.16 Å². The Labute approximate surface area is 208 Å². The van der Waals surface area contributed by atoms with Crippen LogP contribution in [0, 0.1) is 5.41 Å². The summed E-state index contributed by atoms with van der Waals surface area (Å²) in [4.78, 5) is 38.3. The second-order valence-electron chi connectivity index (χ2n) is 7.68. The predicted molar refractivity (Wildman–Crippen MR) is 125 cm³/mol. The topological polar surface area (TPSA) is 245 Å². The van der Waals surface area contributed by atoms with E-state index in [1.165, 1.54) is 31.5 Å². The third kappa shape index (κ3) is 6.22. The van der Waals surface area contributed by atoms with Gasteiger partial charge in [-0.15, -0.1) is 15.6 Å². The van der Waals surface area contributed by atoms with Crippen LogP contribution >= 0.6 is 11.3 Å². The summed E-state index contributed by atoms with van der Waals surface area (Å²) >= 11 is 1.04. The van der Waals surface area contributed by atoms with Crippen LogP contribution in [0.2, 0.25) is 0 Å². The number of amidine groups is 1. The fraction of sp³-hybridized carbons (Fsp3) is 0.333. The molecule has 194 valence electrons. The summed E-state index contributed by atoms with van der Waals surface area (Å²) in [5, 5.41) is 15.7. The monoisotopic (exact) mass is 542 g/mol. The third-order valence-corrected chi connectivity index (χ3v) is 5.72. The smallest absolute Gasteiger partial charge is 0.418 e. The van der Waals surface area contributed by atoms with Gasteiger partial charge in [0.15, 0.2) is 17.5 Å². The highest BCUT2D eigenvalue weighted by atomic mass is 32.3. The van der Waals surface area contributed by atoms with Crippen LogP contribution in [0.25, 0.3) is 0 Å². The van der Waals surface area contributed by atoms with Gasteiger partial charge in [0.25, 0.3) is 11.8 Å². The van der Waals surface area contributed by atoms with Crippen LogP contribution in [0.4, 0.5) is 5.13 Å². The first-order valence-electron chi connectivity index (χ1n) is 9.96. The van der Waals surface area contributed by atoms with Gasteiger partial charge in [0.2, 0.25) is 0 Å². The molecule has 36 heavy (non-hydrogen) atoms. The van der Waals surface area contributed by atoms with Crippen LogP contribution in [0.15, 0.2) is 28.9 Å². The number of rotatable bonds is 11. The molecule has 2 amide bonds. The number of hydrogen-bond donors (Lipinski definition) is 5. The zero-order valence-electron chi connectivity index (χ0n) is 18.9. The molecule has 0 aliphatic carbocycles. The van der Waals surface area contributed by atoms with E-state index in [0.29, 0.717) is 10.8 Å². The minimum atomic E-state index is -4.95. The molecule has 2 aromatic heterocycles. The van der Waals surface area contributed by atoms with E-state index in [0.717, 1.165) is 11.3 Å². The van der Waals surface area contributed by atoms with Gasteiger partial charge >= 0.3 is 10.4 Å². The fourth-order valence-electron chi connectivity index (χ4n) is 2.98. The van der Waals surface area contributed by atoms with E-state index in [4.69, 9.17) is 31.0 Å². The molecule has 3 heterocycles. The number of oxime groups is 1. The van der Waals surface area contributed by atoms with E-state index in [1.54, 1.807) is 6.07 Å². The van der Waals surface area contributed by atoms with Gasteiger partial charge in [0.05, 0.1) is 5.54 Å². The summed E-state index contributed by atoms with van der Waals surface area (Å²) < 4.78 is 40.5. The molecule has 0 unspecified atom stereocenters. The molecule has 0 spiro atoms. The maximum atomic E-state index is 12.9. The number of nitrogens with one attached hydrogen (secondary N) is 2. The van der Waals surface area contributed by atoms with Crippen LogP contribution in [-0.2, 0) is 29.1 Å². The lowest BCUT2D eigenvalue weighted by molar-refractivity contribution is -0.218. The molecule has 1 saturated heterocycles. The lowest BCUT2D eigenvalue weighted by Gasteiger charge is -2.50. The Kier molecular flexibility index (Phi) is 7.72. The van der Waals surface area contributed by atoms with Crippen molar-refractivity contribution in [3.8, 4) is 5.75 Å². The predicted octanol–water partition coefficient (Wildman–Crippen LogP) is -0.956. The molecule has 3 rings (SSSR count). The SMILES string of the molecule is CC1(C)[C@H](NC(=O)C(=NOCCOc2ccnc(C(=N)N)c2)c2csc(N)n2)C(=O)N1OS(=O)(=O)O. The minimum Gasteiger partial charge on any atom is -0.490 e. The summed E-state index contributed by atoms with van der Waals surface area (Å²) in [6, 6.07) is 1.81. The molecule has 1 atom stereocenters. The first kappa shape index (κ1) is 26.7. The molecule has 1 fully saturated rings. The first-order valence-corrected chi connectivity index (χ1v) is 12.2.